The lowest BCUT2D eigenvalue weighted by Crippen LogP contribution is -2.43. The highest BCUT2D eigenvalue weighted by Crippen LogP contribution is 2.45. The van der Waals surface area contributed by atoms with Gasteiger partial charge in [0.1, 0.15) is 11.2 Å². The Hall–Kier alpha value is -5.05. The Morgan fingerprint density at radius 3 is 2.09 bits per heavy atom. The van der Waals surface area contributed by atoms with Crippen LogP contribution in [-0.2, 0) is 15.6 Å². The first kappa shape index (κ1) is 27.8. The molecule has 2 N–H and O–H groups in total. The lowest BCUT2D eigenvalue weighted by molar-refractivity contribution is 0.292. The standard InChI is InChI=1S/C36H31N5O2S/c1-26-33(28-19-22-35-38-23-34(40(35)24-28)27-17-20-32(21-18-27)44(37,42)43)25-41(39-26)36(29-11-5-2-6-12-29,30-13-7-3-8-14-30)31-15-9-4-10-16-31/h2-15,17-25,31H,16H2,1H3,(H2,37,42,43). The molecule has 218 valence electrons. The van der Waals surface area contributed by atoms with Crippen molar-refractivity contribution >= 4 is 15.7 Å². The molecule has 0 aliphatic heterocycles. The highest BCUT2D eigenvalue weighted by molar-refractivity contribution is 7.89. The number of rotatable bonds is 7. The summed E-state index contributed by atoms with van der Waals surface area (Å²) in [5.41, 5.74) is 7.14. The molecule has 7 rings (SSSR count). The summed E-state index contributed by atoms with van der Waals surface area (Å²) in [7, 11) is -3.78. The molecule has 8 heteroatoms. The third-order valence-electron chi connectivity index (χ3n) is 8.50. The summed E-state index contributed by atoms with van der Waals surface area (Å²) in [5, 5.41) is 10.5. The Bertz CT molecular complexity index is 2090. The molecule has 0 fully saturated rings. The van der Waals surface area contributed by atoms with E-state index in [-0.39, 0.29) is 10.8 Å². The van der Waals surface area contributed by atoms with Crippen molar-refractivity contribution in [2.24, 2.45) is 11.1 Å². The molecule has 0 spiro atoms. The number of hydrogen-bond donors (Lipinski definition) is 1. The lowest BCUT2D eigenvalue weighted by Gasteiger charge is -2.41. The molecule has 1 unspecified atom stereocenters. The molecular formula is C36H31N5O2S. The number of pyridine rings is 1. The molecule has 0 amide bonds. The summed E-state index contributed by atoms with van der Waals surface area (Å²) >= 11 is 0. The molecule has 7 nitrogen and oxygen atoms in total. The van der Waals surface area contributed by atoms with E-state index in [1.54, 1.807) is 18.3 Å². The van der Waals surface area contributed by atoms with Gasteiger partial charge in [-0.1, -0.05) is 97.1 Å². The molecule has 44 heavy (non-hydrogen) atoms. The Morgan fingerprint density at radius 1 is 0.818 bits per heavy atom. The molecule has 0 saturated carbocycles. The fourth-order valence-corrected chi connectivity index (χ4v) is 6.91. The quantitative estimate of drug-likeness (QED) is 0.220. The van der Waals surface area contributed by atoms with E-state index in [0.717, 1.165) is 40.1 Å². The van der Waals surface area contributed by atoms with E-state index >= 15 is 0 Å². The van der Waals surface area contributed by atoms with Crippen molar-refractivity contribution in [1.82, 2.24) is 19.2 Å². The van der Waals surface area contributed by atoms with Gasteiger partial charge < -0.3 is 0 Å². The van der Waals surface area contributed by atoms with Crippen molar-refractivity contribution in [2.75, 3.05) is 0 Å². The number of aryl methyl sites for hydroxylation is 1. The molecule has 0 bridgehead atoms. The summed E-state index contributed by atoms with van der Waals surface area (Å²) in [5.74, 6) is 0.132. The Balaban J connectivity index is 1.39. The first-order chi connectivity index (χ1) is 21.4. The lowest BCUT2D eigenvalue weighted by atomic mass is 9.70. The van der Waals surface area contributed by atoms with Crippen molar-refractivity contribution < 1.29 is 8.42 Å². The van der Waals surface area contributed by atoms with Gasteiger partial charge in [-0.25, -0.2) is 18.5 Å². The van der Waals surface area contributed by atoms with Crippen LogP contribution in [0, 0.1) is 12.8 Å². The van der Waals surface area contributed by atoms with E-state index in [2.05, 4.69) is 113 Å². The number of nitrogens with two attached hydrogens (primary N) is 1. The molecule has 3 heterocycles. The molecule has 6 aromatic rings. The van der Waals surface area contributed by atoms with Crippen LogP contribution in [0.2, 0.25) is 0 Å². The number of hydrogen-bond acceptors (Lipinski definition) is 4. The van der Waals surface area contributed by atoms with Gasteiger partial charge in [0.25, 0.3) is 0 Å². The summed E-state index contributed by atoms with van der Waals surface area (Å²) in [6.45, 7) is 2.05. The van der Waals surface area contributed by atoms with Crippen LogP contribution in [0.5, 0.6) is 0 Å². The van der Waals surface area contributed by atoms with E-state index in [1.165, 1.54) is 23.3 Å². The van der Waals surface area contributed by atoms with Gasteiger partial charge >= 0.3 is 0 Å². The minimum Gasteiger partial charge on any atom is -0.299 e. The van der Waals surface area contributed by atoms with E-state index < -0.39 is 15.6 Å². The third kappa shape index (κ3) is 4.69. The number of sulfonamides is 1. The van der Waals surface area contributed by atoms with Crippen LogP contribution in [0.3, 0.4) is 0 Å². The zero-order chi connectivity index (χ0) is 30.3. The molecule has 1 aliphatic rings. The molecule has 0 saturated heterocycles. The topological polar surface area (TPSA) is 95.3 Å². The van der Waals surface area contributed by atoms with Crippen molar-refractivity contribution in [2.45, 2.75) is 23.8 Å². The van der Waals surface area contributed by atoms with Crippen molar-refractivity contribution in [3.8, 4) is 22.4 Å². The Kier molecular flexibility index (Phi) is 6.88. The summed E-state index contributed by atoms with van der Waals surface area (Å²) < 4.78 is 27.7. The second-order valence-corrected chi connectivity index (χ2v) is 12.6. The molecule has 3 aromatic heterocycles. The highest BCUT2D eigenvalue weighted by atomic mass is 32.2. The number of benzene rings is 3. The van der Waals surface area contributed by atoms with Gasteiger partial charge in [-0.05, 0) is 48.7 Å². The fraction of sp³-hybridized carbons (Fsp3) is 0.111. The number of fused-ring (bicyclic) bond motifs is 1. The maximum atomic E-state index is 11.8. The van der Waals surface area contributed by atoms with E-state index in [0.29, 0.717) is 0 Å². The van der Waals surface area contributed by atoms with Crippen LogP contribution in [0.25, 0.3) is 28.0 Å². The SMILES string of the molecule is Cc1nn(C(c2ccccc2)(c2ccccc2)C2C=CC=CC2)cc1-c1ccc2ncc(-c3ccc(S(N)(=O)=O)cc3)n2c1. The van der Waals surface area contributed by atoms with Gasteiger partial charge in [0.15, 0.2) is 0 Å². The van der Waals surface area contributed by atoms with Gasteiger partial charge in [-0.15, -0.1) is 0 Å². The first-order valence-electron chi connectivity index (χ1n) is 14.5. The van der Waals surface area contributed by atoms with Crippen LogP contribution in [0.1, 0.15) is 23.2 Å². The average molecular weight is 598 g/mol. The van der Waals surface area contributed by atoms with Crippen molar-refractivity contribution in [3.63, 3.8) is 0 Å². The molecular weight excluding hydrogens is 566 g/mol. The number of primary sulfonamides is 1. The zero-order valence-electron chi connectivity index (χ0n) is 24.2. The maximum Gasteiger partial charge on any atom is 0.238 e. The average Bonchev–Trinajstić information content (AvgIpc) is 3.66. The summed E-state index contributed by atoms with van der Waals surface area (Å²) in [6, 6.07) is 31.9. The minimum absolute atomic E-state index is 0.0717. The molecule has 1 atom stereocenters. The molecule has 1 aliphatic carbocycles. The van der Waals surface area contributed by atoms with Crippen molar-refractivity contribution in [1.29, 1.82) is 0 Å². The van der Waals surface area contributed by atoms with E-state index in [9.17, 15) is 8.42 Å². The van der Waals surface area contributed by atoms with Gasteiger partial charge in [-0.3, -0.25) is 9.08 Å². The minimum atomic E-state index is -3.78. The smallest absolute Gasteiger partial charge is 0.238 e. The molecule has 3 aromatic carbocycles. The van der Waals surface area contributed by atoms with Crippen LogP contribution in [0.15, 0.2) is 145 Å². The number of allylic oxidation sites excluding steroid dienone is 4. The predicted molar refractivity (Wildman–Crippen MR) is 173 cm³/mol. The Morgan fingerprint density at radius 2 is 1.48 bits per heavy atom. The number of imidazole rings is 1. The van der Waals surface area contributed by atoms with E-state index in [1.807, 2.05) is 17.4 Å². The van der Waals surface area contributed by atoms with Crippen molar-refractivity contribution in [3.05, 3.63) is 157 Å². The zero-order valence-corrected chi connectivity index (χ0v) is 25.0. The van der Waals surface area contributed by atoms with Gasteiger partial charge in [0, 0.05) is 35.0 Å². The monoisotopic (exact) mass is 597 g/mol. The third-order valence-corrected chi connectivity index (χ3v) is 9.43. The first-order valence-corrected chi connectivity index (χ1v) is 16.0. The summed E-state index contributed by atoms with van der Waals surface area (Å²) in [6.07, 6.45) is 15.7. The van der Waals surface area contributed by atoms with Gasteiger partial charge in [0.2, 0.25) is 10.0 Å². The van der Waals surface area contributed by atoms with Crippen LogP contribution in [-0.4, -0.2) is 27.6 Å². The second-order valence-electron chi connectivity index (χ2n) is 11.1. The predicted octanol–water partition coefficient (Wildman–Crippen LogP) is 6.74. The van der Waals surface area contributed by atoms with E-state index in [4.69, 9.17) is 10.2 Å². The van der Waals surface area contributed by atoms with Crippen LogP contribution in [0.4, 0.5) is 0 Å². The Labute approximate surface area is 256 Å². The second kappa shape index (κ2) is 10.9. The van der Waals surface area contributed by atoms with Gasteiger partial charge in [-0.2, -0.15) is 5.10 Å². The highest BCUT2D eigenvalue weighted by Gasteiger charge is 2.44. The number of aromatic nitrogens is 4. The largest absolute Gasteiger partial charge is 0.299 e. The van der Waals surface area contributed by atoms with Crippen LogP contribution < -0.4 is 5.14 Å². The van der Waals surface area contributed by atoms with Gasteiger partial charge in [0.05, 0.1) is 22.5 Å². The summed E-state index contributed by atoms with van der Waals surface area (Å²) in [4.78, 5) is 4.67. The van der Waals surface area contributed by atoms with Crippen LogP contribution >= 0.6 is 0 Å². The number of nitrogens with zero attached hydrogens (tertiary/aromatic N) is 4. The maximum absolute atomic E-state index is 11.8. The molecule has 0 radical (unpaired) electrons. The fourth-order valence-electron chi connectivity index (χ4n) is 6.40. The normalized spacial score (nSPS) is 15.2.